The van der Waals surface area contributed by atoms with Gasteiger partial charge in [-0.1, -0.05) is 48.3 Å². The van der Waals surface area contributed by atoms with Gasteiger partial charge in [-0.05, 0) is 54.8 Å². The highest BCUT2D eigenvalue weighted by Gasteiger charge is 2.14. The summed E-state index contributed by atoms with van der Waals surface area (Å²) in [6.07, 6.45) is 1.71. The molecule has 1 N–H and O–H groups in total. The van der Waals surface area contributed by atoms with Crippen LogP contribution in [0.15, 0.2) is 42.5 Å². The lowest BCUT2D eigenvalue weighted by Gasteiger charge is -2.20. The van der Waals surface area contributed by atoms with Gasteiger partial charge in [0.1, 0.15) is 5.82 Å². The van der Waals surface area contributed by atoms with Gasteiger partial charge in [-0.15, -0.1) is 0 Å². The van der Waals surface area contributed by atoms with Crippen LogP contribution in [0.3, 0.4) is 0 Å². The van der Waals surface area contributed by atoms with E-state index in [-0.39, 0.29) is 11.9 Å². The van der Waals surface area contributed by atoms with E-state index in [1.54, 1.807) is 18.2 Å². The second-order valence-corrected chi connectivity index (χ2v) is 5.85. The molecule has 112 valence electrons. The van der Waals surface area contributed by atoms with Gasteiger partial charge < -0.3 is 5.32 Å². The molecule has 0 saturated carbocycles. The van der Waals surface area contributed by atoms with E-state index in [0.717, 1.165) is 24.1 Å². The average molecular weight is 326 g/mol. The highest BCUT2D eigenvalue weighted by molar-refractivity contribution is 6.35. The SMILES string of the molecule is CCCNC(Cc1ccc(Cl)cc1Cl)c1cccc(F)c1. The van der Waals surface area contributed by atoms with E-state index < -0.39 is 0 Å². The average Bonchev–Trinajstić information content (AvgIpc) is 2.45. The van der Waals surface area contributed by atoms with Gasteiger partial charge in [0.2, 0.25) is 0 Å². The van der Waals surface area contributed by atoms with Crippen molar-refractivity contribution in [2.24, 2.45) is 0 Å². The van der Waals surface area contributed by atoms with Crippen LogP contribution >= 0.6 is 23.2 Å². The Balaban J connectivity index is 2.23. The lowest BCUT2D eigenvalue weighted by Crippen LogP contribution is -2.24. The van der Waals surface area contributed by atoms with Gasteiger partial charge in [-0.2, -0.15) is 0 Å². The van der Waals surface area contributed by atoms with Crippen LogP contribution in [0.2, 0.25) is 10.0 Å². The first-order chi connectivity index (χ1) is 10.1. The predicted octanol–water partition coefficient (Wildman–Crippen LogP) is 5.42. The summed E-state index contributed by atoms with van der Waals surface area (Å²) < 4.78 is 13.4. The quantitative estimate of drug-likeness (QED) is 0.748. The minimum Gasteiger partial charge on any atom is -0.310 e. The van der Waals surface area contributed by atoms with Gasteiger partial charge in [0.05, 0.1) is 0 Å². The molecular formula is C17H18Cl2FN. The zero-order valence-electron chi connectivity index (χ0n) is 11.9. The minimum absolute atomic E-state index is 0.0272. The van der Waals surface area contributed by atoms with E-state index in [9.17, 15) is 4.39 Å². The van der Waals surface area contributed by atoms with Crippen LogP contribution in [0.25, 0.3) is 0 Å². The Hall–Kier alpha value is -1.09. The highest BCUT2D eigenvalue weighted by atomic mass is 35.5. The van der Waals surface area contributed by atoms with Crippen LogP contribution in [0.1, 0.15) is 30.5 Å². The third kappa shape index (κ3) is 4.70. The molecule has 0 saturated heterocycles. The Labute approximate surface area is 135 Å². The summed E-state index contributed by atoms with van der Waals surface area (Å²) in [5.41, 5.74) is 1.92. The Bertz CT molecular complexity index is 601. The Kier molecular flexibility index (Phi) is 6.04. The molecule has 0 fully saturated rings. The molecule has 0 aliphatic carbocycles. The van der Waals surface area contributed by atoms with Crippen molar-refractivity contribution in [2.45, 2.75) is 25.8 Å². The van der Waals surface area contributed by atoms with Gasteiger partial charge in [0, 0.05) is 16.1 Å². The van der Waals surface area contributed by atoms with Crippen molar-refractivity contribution in [2.75, 3.05) is 6.54 Å². The molecule has 0 radical (unpaired) electrons. The maximum atomic E-state index is 13.4. The van der Waals surface area contributed by atoms with E-state index in [1.807, 2.05) is 18.2 Å². The number of benzene rings is 2. The molecule has 0 spiro atoms. The fourth-order valence-electron chi connectivity index (χ4n) is 2.26. The van der Waals surface area contributed by atoms with Crippen molar-refractivity contribution >= 4 is 23.2 Å². The standard InChI is InChI=1S/C17H18Cl2FN/c1-2-8-21-17(13-4-3-5-15(20)9-13)10-12-6-7-14(18)11-16(12)19/h3-7,9,11,17,21H,2,8,10H2,1H3. The van der Waals surface area contributed by atoms with Crippen LogP contribution in [-0.2, 0) is 6.42 Å². The number of hydrogen-bond donors (Lipinski definition) is 1. The Morgan fingerprint density at radius 3 is 2.62 bits per heavy atom. The second kappa shape index (κ2) is 7.79. The van der Waals surface area contributed by atoms with E-state index >= 15 is 0 Å². The maximum absolute atomic E-state index is 13.4. The molecule has 1 nitrogen and oxygen atoms in total. The molecule has 1 atom stereocenters. The number of halogens is 3. The van der Waals surface area contributed by atoms with Crippen molar-refractivity contribution in [1.29, 1.82) is 0 Å². The number of nitrogens with one attached hydrogen (secondary N) is 1. The normalized spacial score (nSPS) is 12.4. The van der Waals surface area contributed by atoms with Crippen molar-refractivity contribution in [3.05, 3.63) is 69.5 Å². The summed E-state index contributed by atoms with van der Waals surface area (Å²) in [7, 11) is 0. The predicted molar refractivity (Wildman–Crippen MR) is 87.6 cm³/mol. The molecule has 0 amide bonds. The Morgan fingerprint density at radius 1 is 1.14 bits per heavy atom. The van der Waals surface area contributed by atoms with Gasteiger partial charge in [0.15, 0.2) is 0 Å². The molecule has 1 unspecified atom stereocenters. The summed E-state index contributed by atoms with van der Waals surface area (Å²) in [4.78, 5) is 0. The monoisotopic (exact) mass is 325 g/mol. The van der Waals surface area contributed by atoms with E-state index in [4.69, 9.17) is 23.2 Å². The van der Waals surface area contributed by atoms with Crippen molar-refractivity contribution in [1.82, 2.24) is 5.32 Å². The van der Waals surface area contributed by atoms with Crippen molar-refractivity contribution in [3.63, 3.8) is 0 Å². The zero-order chi connectivity index (χ0) is 15.2. The summed E-state index contributed by atoms with van der Waals surface area (Å²) in [6.45, 7) is 2.97. The topological polar surface area (TPSA) is 12.0 Å². The summed E-state index contributed by atoms with van der Waals surface area (Å²) in [5, 5.41) is 4.70. The molecule has 21 heavy (non-hydrogen) atoms. The van der Waals surface area contributed by atoms with Gasteiger partial charge >= 0.3 is 0 Å². The first kappa shape index (κ1) is 16.3. The molecule has 0 aliphatic rings. The molecule has 2 rings (SSSR count). The third-order valence-corrected chi connectivity index (χ3v) is 3.92. The molecule has 2 aromatic rings. The molecule has 0 bridgehead atoms. The molecule has 2 aromatic carbocycles. The molecule has 0 heterocycles. The smallest absolute Gasteiger partial charge is 0.123 e. The van der Waals surface area contributed by atoms with Gasteiger partial charge in [0.25, 0.3) is 0 Å². The van der Waals surface area contributed by atoms with Crippen LogP contribution < -0.4 is 5.32 Å². The van der Waals surface area contributed by atoms with Crippen LogP contribution in [-0.4, -0.2) is 6.54 Å². The minimum atomic E-state index is -0.224. The van der Waals surface area contributed by atoms with Crippen molar-refractivity contribution < 1.29 is 4.39 Å². The largest absolute Gasteiger partial charge is 0.310 e. The van der Waals surface area contributed by atoms with Crippen molar-refractivity contribution in [3.8, 4) is 0 Å². The highest BCUT2D eigenvalue weighted by Crippen LogP contribution is 2.26. The van der Waals surface area contributed by atoms with Gasteiger partial charge in [-0.3, -0.25) is 0 Å². The fourth-order valence-corrected chi connectivity index (χ4v) is 2.74. The second-order valence-electron chi connectivity index (χ2n) is 5.00. The van der Waals surface area contributed by atoms with Gasteiger partial charge in [-0.25, -0.2) is 4.39 Å². The van der Waals surface area contributed by atoms with Crippen LogP contribution in [0.4, 0.5) is 4.39 Å². The van der Waals surface area contributed by atoms with E-state index in [0.29, 0.717) is 16.5 Å². The molecular weight excluding hydrogens is 308 g/mol. The lowest BCUT2D eigenvalue weighted by atomic mass is 9.98. The number of hydrogen-bond acceptors (Lipinski definition) is 1. The summed E-state index contributed by atoms with van der Waals surface area (Å²) >= 11 is 12.2. The molecule has 0 aliphatic heterocycles. The third-order valence-electron chi connectivity index (χ3n) is 3.33. The molecule has 0 aromatic heterocycles. The lowest BCUT2D eigenvalue weighted by molar-refractivity contribution is 0.524. The number of rotatable bonds is 6. The van der Waals surface area contributed by atoms with E-state index in [1.165, 1.54) is 6.07 Å². The van der Waals surface area contributed by atoms with Crippen LogP contribution in [0.5, 0.6) is 0 Å². The zero-order valence-corrected chi connectivity index (χ0v) is 13.4. The van der Waals surface area contributed by atoms with E-state index in [2.05, 4.69) is 12.2 Å². The first-order valence-corrected chi connectivity index (χ1v) is 7.78. The molecule has 4 heteroatoms. The maximum Gasteiger partial charge on any atom is 0.123 e. The fraction of sp³-hybridized carbons (Fsp3) is 0.294. The summed E-state index contributed by atoms with van der Waals surface area (Å²) in [6, 6.07) is 12.2. The Morgan fingerprint density at radius 2 is 1.95 bits per heavy atom. The summed E-state index contributed by atoms with van der Waals surface area (Å²) in [5.74, 6) is -0.224. The first-order valence-electron chi connectivity index (χ1n) is 7.03. The van der Waals surface area contributed by atoms with Crippen LogP contribution in [0, 0.1) is 5.82 Å².